The van der Waals surface area contributed by atoms with E-state index in [4.69, 9.17) is 32.7 Å². The maximum absolute atomic E-state index is 12.8. The molecule has 1 amide bonds. The number of nitrogens with zero attached hydrogens (tertiary/aromatic N) is 1. The van der Waals surface area contributed by atoms with Gasteiger partial charge in [0.05, 0.1) is 11.6 Å². The lowest BCUT2D eigenvalue weighted by Crippen LogP contribution is -2.14. The van der Waals surface area contributed by atoms with Crippen LogP contribution in [0.3, 0.4) is 0 Å². The number of carbonyl (C=O) groups excluding carboxylic acids is 1. The number of hydrogen-bond donors (Lipinski definition) is 1. The number of rotatable bonds is 8. The van der Waals surface area contributed by atoms with Crippen molar-refractivity contribution in [1.82, 2.24) is 0 Å². The monoisotopic (exact) mass is 530 g/mol. The first-order valence-corrected chi connectivity index (χ1v) is 12.4. The number of nitriles is 1. The summed E-state index contributed by atoms with van der Waals surface area (Å²) in [5, 5.41) is 15.4. The van der Waals surface area contributed by atoms with Gasteiger partial charge in [-0.1, -0.05) is 65.7 Å². The summed E-state index contributed by atoms with van der Waals surface area (Å²) in [5.74, 6) is 0.260. The zero-order chi connectivity index (χ0) is 26.4. The van der Waals surface area contributed by atoms with Crippen LogP contribution in [0.4, 0.5) is 5.69 Å². The molecule has 0 aliphatic heterocycles. The van der Waals surface area contributed by atoms with E-state index in [1.165, 1.54) is 6.08 Å². The second-order valence-electron chi connectivity index (χ2n) is 8.32. The first-order valence-electron chi connectivity index (χ1n) is 11.6. The molecule has 4 rings (SSSR count). The minimum absolute atomic E-state index is 0.0947. The minimum atomic E-state index is -0.557. The maximum atomic E-state index is 12.8. The van der Waals surface area contributed by atoms with Gasteiger partial charge in [-0.3, -0.25) is 4.79 Å². The molecule has 0 saturated carbocycles. The lowest BCUT2D eigenvalue weighted by molar-refractivity contribution is -0.112. The molecule has 0 spiro atoms. The fourth-order valence-corrected chi connectivity index (χ4v) is 4.24. The summed E-state index contributed by atoms with van der Waals surface area (Å²) in [6.45, 7) is 4.37. The lowest BCUT2D eigenvalue weighted by atomic mass is 10.1. The van der Waals surface area contributed by atoms with E-state index in [1.807, 2.05) is 44.2 Å². The third-order valence-electron chi connectivity index (χ3n) is 5.65. The Kier molecular flexibility index (Phi) is 8.35. The van der Waals surface area contributed by atoms with E-state index in [9.17, 15) is 10.1 Å². The van der Waals surface area contributed by atoms with Gasteiger partial charge in [0.15, 0.2) is 11.5 Å². The van der Waals surface area contributed by atoms with E-state index in [0.717, 1.165) is 21.9 Å². The number of anilines is 1. The first-order chi connectivity index (χ1) is 17.9. The molecule has 0 radical (unpaired) electrons. The Morgan fingerprint density at radius 3 is 2.54 bits per heavy atom. The molecule has 1 N–H and O–H groups in total. The summed E-state index contributed by atoms with van der Waals surface area (Å²) in [6, 6.07) is 24.7. The van der Waals surface area contributed by atoms with Gasteiger partial charge in [-0.15, -0.1) is 0 Å². The third kappa shape index (κ3) is 6.42. The van der Waals surface area contributed by atoms with Crippen LogP contribution in [-0.2, 0) is 11.4 Å². The van der Waals surface area contributed by atoms with E-state index < -0.39 is 5.91 Å². The molecule has 0 aliphatic carbocycles. The van der Waals surface area contributed by atoms with Gasteiger partial charge >= 0.3 is 0 Å². The van der Waals surface area contributed by atoms with Crippen LogP contribution < -0.4 is 14.8 Å². The molecular formula is C30H24Cl2N2O3. The molecule has 0 bridgehead atoms. The average Bonchev–Trinajstić information content (AvgIpc) is 2.89. The standard InChI is InChI=1S/C30H24Cl2N2O3/c1-3-36-28-15-21(13-24(17-33)30(35)34-27-16-25(31)11-8-19(27)2)14-26(32)29(28)37-18-20-9-10-22-6-4-5-7-23(22)12-20/h4-16H,3,18H2,1-2H3,(H,34,35)/b24-13+. The quantitative estimate of drug-likeness (QED) is 0.185. The van der Waals surface area contributed by atoms with Crippen molar-refractivity contribution in [3.8, 4) is 17.6 Å². The molecule has 0 fully saturated rings. The zero-order valence-electron chi connectivity index (χ0n) is 20.3. The highest BCUT2D eigenvalue weighted by atomic mass is 35.5. The Hall–Kier alpha value is -3.98. The van der Waals surface area contributed by atoms with E-state index in [-0.39, 0.29) is 5.57 Å². The van der Waals surface area contributed by atoms with Gasteiger partial charge in [0, 0.05) is 10.7 Å². The Labute approximate surface area is 225 Å². The van der Waals surface area contributed by atoms with Crippen LogP contribution >= 0.6 is 23.2 Å². The Balaban J connectivity index is 1.57. The fraction of sp³-hybridized carbons (Fsp3) is 0.133. The van der Waals surface area contributed by atoms with Crippen molar-refractivity contribution in [2.45, 2.75) is 20.5 Å². The van der Waals surface area contributed by atoms with E-state index >= 15 is 0 Å². The van der Waals surface area contributed by atoms with Gasteiger partial charge in [0.2, 0.25) is 0 Å². The molecule has 0 aromatic heterocycles. The highest BCUT2D eigenvalue weighted by Gasteiger charge is 2.16. The molecule has 0 atom stereocenters. The van der Waals surface area contributed by atoms with Crippen molar-refractivity contribution in [2.75, 3.05) is 11.9 Å². The smallest absolute Gasteiger partial charge is 0.266 e. The second-order valence-corrected chi connectivity index (χ2v) is 9.16. The Morgan fingerprint density at radius 2 is 1.78 bits per heavy atom. The number of carbonyl (C=O) groups is 1. The second kappa shape index (κ2) is 11.8. The highest BCUT2D eigenvalue weighted by molar-refractivity contribution is 6.32. The Morgan fingerprint density at radius 1 is 1.00 bits per heavy atom. The van der Waals surface area contributed by atoms with Gasteiger partial charge in [0.25, 0.3) is 5.91 Å². The summed E-state index contributed by atoms with van der Waals surface area (Å²) < 4.78 is 11.8. The summed E-state index contributed by atoms with van der Waals surface area (Å²) in [6.07, 6.45) is 1.46. The highest BCUT2D eigenvalue weighted by Crippen LogP contribution is 2.38. The predicted molar refractivity (Wildman–Crippen MR) is 149 cm³/mol. The van der Waals surface area contributed by atoms with E-state index in [0.29, 0.717) is 46.0 Å². The average molecular weight is 531 g/mol. The van der Waals surface area contributed by atoms with Crippen molar-refractivity contribution in [3.05, 3.63) is 105 Å². The van der Waals surface area contributed by atoms with Gasteiger partial charge in [-0.05, 0) is 77.7 Å². The van der Waals surface area contributed by atoms with Crippen LogP contribution in [0.25, 0.3) is 16.8 Å². The van der Waals surface area contributed by atoms with Gasteiger partial charge in [-0.25, -0.2) is 0 Å². The predicted octanol–water partition coefficient (Wildman–Crippen LogP) is 7.98. The molecule has 4 aromatic carbocycles. The van der Waals surface area contributed by atoms with Crippen LogP contribution in [0.2, 0.25) is 10.0 Å². The van der Waals surface area contributed by atoms with Crippen LogP contribution in [0.15, 0.2) is 78.4 Å². The molecule has 0 unspecified atom stereocenters. The maximum Gasteiger partial charge on any atom is 0.266 e. The molecule has 7 heteroatoms. The molecule has 0 aliphatic rings. The van der Waals surface area contributed by atoms with Crippen LogP contribution in [-0.4, -0.2) is 12.5 Å². The SMILES string of the molecule is CCOc1cc(/C=C(\C#N)C(=O)Nc2cc(Cl)ccc2C)cc(Cl)c1OCc1ccc2ccccc2c1. The van der Waals surface area contributed by atoms with Crippen molar-refractivity contribution < 1.29 is 14.3 Å². The van der Waals surface area contributed by atoms with Gasteiger partial charge < -0.3 is 14.8 Å². The van der Waals surface area contributed by atoms with Crippen molar-refractivity contribution in [1.29, 1.82) is 5.26 Å². The molecule has 186 valence electrons. The number of aryl methyl sites for hydroxylation is 1. The minimum Gasteiger partial charge on any atom is -0.490 e. The zero-order valence-corrected chi connectivity index (χ0v) is 21.9. The molecular weight excluding hydrogens is 507 g/mol. The van der Waals surface area contributed by atoms with Crippen LogP contribution in [0, 0.1) is 18.3 Å². The van der Waals surface area contributed by atoms with Crippen molar-refractivity contribution in [3.63, 3.8) is 0 Å². The molecule has 37 heavy (non-hydrogen) atoms. The number of ether oxygens (including phenoxy) is 2. The number of benzene rings is 4. The fourth-order valence-electron chi connectivity index (χ4n) is 3.79. The number of halogens is 2. The molecule has 0 heterocycles. The summed E-state index contributed by atoms with van der Waals surface area (Å²) in [4.78, 5) is 12.8. The first kappa shape index (κ1) is 26.1. The normalized spacial score (nSPS) is 11.2. The topological polar surface area (TPSA) is 71.3 Å². The van der Waals surface area contributed by atoms with E-state index in [2.05, 4.69) is 23.5 Å². The van der Waals surface area contributed by atoms with Crippen molar-refractivity contribution >= 4 is 51.6 Å². The molecule has 4 aromatic rings. The van der Waals surface area contributed by atoms with Gasteiger partial charge in [-0.2, -0.15) is 5.26 Å². The van der Waals surface area contributed by atoms with Crippen LogP contribution in [0.1, 0.15) is 23.6 Å². The third-order valence-corrected chi connectivity index (χ3v) is 6.17. The van der Waals surface area contributed by atoms with Crippen molar-refractivity contribution in [2.24, 2.45) is 0 Å². The lowest BCUT2D eigenvalue weighted by Gasteiger charge is -2.15. The number of hydrogen-bond acceptors (Lipinski definition) is 4. The van der Waals surface area contributed by atoms with Crippen LogP contribution in [0.5, 0.6) is 11.5 Å². The summed E-state index contributed by atoms with van der Waals surface area (Å²) in [7, 11) is 0. The number of fused-ring (bicyclic) bond motifs is 1. The molecule has 5 nitrogen and oxygen atoms in total. The largest absolute Gasteiger partial charge is 0.490 e. The number of amides is 1. The summed E-state index contributed by atoms with van der Waals surface area (Å²) >= 11 is 12.6. The Bertz CT molecular complexity index is 1540. The summed E-state index contributed by atoms with van der Waals surface area (Å²) in [5.41, 5.74) is 2.78. The van der Waals surface area contributed by atoms with E-state index in [1.54, 1.807) is 30.3 Å². The van der Waals surface area contributed by atoms with Gasteiger partial charge in [0.1, 0.15) is 18.2 Å². The number of nitrogens with one attached hydrogen (secondary N) is 1. The molecule has 0 saturated heterocycles.